The first-order chi connectivity index (χ1) is 10.2. The van der Waals surface area contributed by atoms with Crippen molar-refractivity contribution in [2.75, 3.05) is 29.4 Å². The van der Waals surface area contributed by atoms with Gasteiger partial charge in [0.05, 0.1) is 0 Å². The van der Waals surface area contributed by atoms with Crippen molar-refractivity contribution in [2.24, 2.45) is 0 Å². The first-order valence-corrected chi connectivity index (χ1v) is 8.50. The molecule has 0 radical (unpaired) electrons. The van der Waals surface area contributed by atoms with Crippen LogP contribution in [0.4, 0.5) is 11.9 Å². The molecular weight excluding hydrogens is 286 g/mol. The number of hydrogen-bond acceptors (Lipinski definition) is 5. The number of aromatic nitrogens is 3. The molecule has 1 atom stereocenters. The molecule has 0 amide bonds. The Labute approximate surface area is 132 Å². The summed E-state index contributed by atoms with van der Waals surface area (Å²) in [6.45, 7) is 9.18. The lowest BCUT2D eigenvalue weighted by Crippen LogP contribution is -2.36. The molecule has 2 heterocycles. The molecule has 1 aromatic rings. The predicted octanol–water partition coefficient (Wildman–Crippen LogP) is 3.53. The van der Waals surface area contributed by atoms with E-state index >= 15 is 0 Å². The molecule has 0 aliphatic carbocycles. The monoisotopic (exact) mass is 311 g/mol. The molecule has 0 bridgehead atoms. The molecule has 1 aromatic heterocycles. The molecule has 1 fully saturated rings. The fourth-order valence-electron chi connectivity index (χ4n) is 2.97. The van der Waals surface area contributed by atoms with Gasteiger partial charge in [0.2, 0.25) is 17.2 Å². The summed E-state index contributed by atoms with van der Waals surface area (Å²) in [5.74, 6) is 1.43. The van der Waals surface area contributed by atoms with Crippen molar-refractivity contribution in [3.63, 3.8) is 0 Å². The summed E-state index contributed by atoms with van der Waals surface area (Å²) < 4.78 is 0. The molecule has 1 aliphatic heterocycles. The second-order valence-electron chi connectivity index (χ2n) is 5.48. The largest absolute Gasteiger partial charge is 0.341 e. The third-order valence-corrected chi connectivity index (χ3v) is 4.41. The fraction of sp³-hybridized carbons (Fsp3) is 0.800. The summed E-state index contributed by atoms with van der Waals surface area (Å²) in [6, 6.07) is 0.510. The van der Waals surface area contributed by atoms with Crippen molar-refractivity contribution in [1.82, 2.24) is 15.0 Å². The van der Waals surface area contributed by atoms with E-state index < -0.39 is 0 Å². The Hall–Kier alpha value is -1.10. The maximum atomic E-state index is 6.14. The van der Waals surface area contributed by atoms with Crippen molar-refractivity contribution in [3.8, 4) is 0 Å². The Morgan fingerprint density at radius 3 is 2.52 bits per heavy atom. The number of anilines is 2. The van der Waals surface area contributed by atoms with Crippen LogP contribution >= 0.6 is 11.6 Å². The minimum absolute atomic E-state index is 0.293. The fourth-order valence-corrected chi connectivity index (χ4v) is 3.12. The predicted molar refractivity (Wildman–Crippen MR) is 88.3 cm³/mol. The van der Waals surface area contributed by atoms with Crippen molar-refractivity contribution in [3.05, 3.63) is 5.28 Å². The minimum Gasteiger partial charge on any atom is -0.341 e. The topological polar surface area (TPSA) is 45.2 Å². The summed E-state index contributed by atoms with van der Waals surface area (Å²) in [4.78, 5) is 17.8. The Balaban J connectivity index is 2.32. The first-order valence-electron chi connectivity index (χ1n) is 8.12. The normalized spacial score (nSPS) is 19.4. The second-order valence-corrected chi connectivity index (χ2v) is 5.82. The highest BCUT2D eigenvalue weighted by atomic mass is 35.5. The van der Waals surface area contributed by atoms with Gasteiger partial charge in [0.15, 0.2) is 0 Å². The Bertz CT molecular complexity index is 450. The van der Waals surface area contributed by atoms with Crippen LogP contribution < -0.4 is 9.80 Å². The van der Waals surface area contributed by atoms with Crippen LogP contribution in [-0.2, 0) is 0 Å². The van der Waals surface area contributed by atoms with Gasteiger partial charge >= 0.3 is 0 Å². The molecule has 5 nitrogen and oxygen atoms in total. The average Bonchev–Trinajstić information content (AvgIpc) is 2.73. The van der Waals surface area contributed by atoms with E-state index in [1.807, 2.05) is 0 Å². The van der Waals surface area contributed by atoms with Gasteiger partial charge in [0.25, 0.3) is 0 Å². The molecule has 0 saturated carbocycles. The van der Waals surface area contributed by atoms with Crippen LogP contribution in [0.25, 0.3) is 0 Å². The number of hydrogen-bond donors (Lipinski definition) is 0. The van der Waals surface area contributed by atoms with Crippen LogP contribution in [0.1, 0.15) is 52.9 Å². The van der Waals surface area contributed by atoms with E-state index in [1.165, 1.54) is 25.7 Å². The van der Waals surface area contributed by atoms with Crippen LogP contribution in [0.5, 0.6) is 0 Å². The lowest BCUT2D eigenvalue weighted by molar-refractivity contribution is 0.546. The lowest BCUT2D eigenvalue weighted by atomic mass is 10.1. The van der Waals surface area contributed by atoms with E-state index in [-0.39, 0.29) is 0 Å². The van der Waals surface area contributed by atoms with Crippen LogP contribution in [0.2, 0.25) is 5.28 Å². The highest BCUT2D eigenvalue weighted by molar-refractivity contribution is 6.28. The van der Waals surface area contributed by atoms with Gasteiger partial charge in [-0.25, -0.2) is 0 Å². The summed E-state index contributed by atoms with van der Waals surface area (Å²) >= 11 is 6.14. The van der Waals surface area contributed by atoms with E-state index in [1.54, 1.807) is 0 Å². The maximum absolute atomic E-state index is 6.14. The summed E-state index contributed by atoms with van der Waals surface area (Å²) in [5, 5.41) is 0.293. The van der Waals surface area contributed by atoms with Gasteiger partial charge in [-0.2, -0.15) is 15.0 Å². The lowest BCUT2D eigenvalue weighted by Gasteiger charge is -2.30. The van der Waals surface area contributed by atoms with Crippen molar-refractivity contribution >= 4 is 23.5 Å². The van der Waals surface area contributed by atoms with Crippen LogP contribution in [0.15, 0.2) is 0 Å². The van der Waals surface area contributed by atoms with Crippen molar-refractivity contribution < 1.29 is 0 Å². The number of halogens is 1. The third kappa shape index (κ3) is 3.96. The van der Waals surface area contributed by atoms with Gasteiger partial charge in [0.1, 0.15) is 0 Å². The van der Waals surface area contributed by atoms with Gasteiger partial charge in [0, 0.05) is 25.7 Å². The van der Waals surface area contributed by atoms with E-state index in [9.17, 15) is 0 Å². The van der Waals surface area contributed by atoms with Gasteiger partial charge in [-0.1, -0.05) is 19.8 Å². The first kappa shape index (κ1) is 16.3. The molecular formula is C15H26ClN5. The summed E-state index contributed by atoms with van der Waals surface area (Å²) in [7, 11) is 0. The zero-order valence-electron chi connectivity index (χ0n) is 13.3. The molecule has 0 spiro atoms. The smallest absolute Gasteiger partial charge is 0.231 e. The SMILES string of the molecule is CCC1CCCCCN1c1nc(Cl)nc(N(CC)CC)n1. The molecule has 0 aromatic carbocycles. The third-order valence-electron chi connectivity index (χ3n) is 4.24. The molecule has 2 rings (SSSR count). The Kier molecular flexibility index (Phi) is 6.03. The molecule has 21 heavy (non-hydrogen) atoms. The standard InChI is InChI=1S/C15H26ClN5/c1-4-12-10-8-7-9-11-21(12)15-18-13(16)17-14(19-15)20(5-2)6-3/h12H,4-11H2,1-3H3. The molecule has 6 heteroatoms. The summed E-state index contributed by atoms with van der Waals surface area (Å²) in [5.41, 5.74) is 0. The van der Waals surface area contributed by atoms with Gasteiger partial charge in [-0.15, -0.1) is 0 Å². The zero-order chi connectivity index (χ0) is 15.2. The van der Waals surface area contributed by atoms with Crippen molar-refractivity contribution in [2.45, 2.75) is 58.9 Å². The van der Waals surface area contributed by atoms with E-state index in [0.717, 1.165) is 32.0 Å². The number of rotatable bonds is 5. The van der Waals surface area contributed by atoms with Crippen LogP contribution in [0, 0.1) is 0 Å². The molecule has 1 aliphatic rings. The Morgan fingerprint density at radius 1 is 1.10 bits per heavy atom. The average molecular weight is 312 g/mol. The highest BCUT2D eigenvalue weighted by Gasteiger charge is 2.23. The molecule has 118 valence electrons. The Morgan fingerprint density at radius 2 is 1.86 bits per heavy atom. The quantitative estimate of drug-likeness (QED) is 0.832. The highest BCUT2D eigenvalue weighted by Crippen LogP contribution is 2.25. The summed E-state index contributed by atoms with van der Waals surface area (Å²) in [6.07, 6.45) is 6.09. The van der Waals surface area contributed by atoms with Crippen LogP contribution in [-0.4, -0.2) is 40.6 Å². The molecule has 0 N–H and O–H groups in total. The minimum atomic E-state index is 0.293. The van der Waals surface area contributed by atoms with Crippen molar-refractivity contribution in [1.29, 1.82) is 0 Å². The van der Waals surface area contributed by atoms with E-state index in [4.69, 9.17) is 11.6 Å². The van der Waals surface area contributed by atoms with Gasteiger partial charge < -0.3 is 9.80 Å². The molecule has 1 saturated heterocycles. The second kappa shape index (κ2) is 7.78. The van der Waals surface area contributed by atoms with Gasteiger partial charge in [-0.05, 0) is 44.7 Å². The molecule has 1 unspecified atom stereocenters. The van der Waals surface area contributed by atoms with E-state index in [2.05, 4.69) is 45.5 Å². The van der Waals surface area contributed by atoms with Gasteiger partial charge in [-0.3, -0.25) is 0 Å². The zero-order valence-corrected chi connectivity index (χ0v) is 14.1. The van der Waals surface area contributed by atoms with Crippen LogP contribution in [0.3, 0.4) is 0 Å². The van der Waals surface area contributed by atoms with E-state index in [0.29, 0.717) is 17.3 Å². The maximum Gasteiger partial charge on any atom is 0.231 e. The number of nitrogens with zero attached hydrogens (tertiary/aromatic N) is 5.